The SMILES string of the molecule is CC(C)NC(=O)N1CC(n2cc(C(C)(C)NC(C)C)cn2)C1. The minimum Gasteiger partial charge on any atom is -0.336 e. The molecule has 1 aliphatic rings. The van der Waals surface area contributed by atoms with Crippen LogP contribution in [0.1, 0.15) is 53.1 Å². The second-order valence-electron chi connectivity index (χ2n) is 7.30. The van der Waals surface area contributed by atoms with E-state index in [1.807, 2.05) is 29.6 Å². The molecule has 0 spiro atoms. The molecule has 1 fully saturated rings. The molecule has 2 N–H and O–H groups in total. The van der Waals surface area contributed by atoms with E-state index in [1.54, 1.807) is 0 Å². The Balaban J connectivity index is 1.93. The third-order valence-corrected chi connectivity index (χ3v) is 3.91. The van der Waals surface area contributed by atoms with Gasteiger partial charge in [-0.2, -0.15) is 5.10 Å². The van der Waals surface area contributed by atoms with Crippen molar-refractivity contribution in [3.63, 3.8) is 0 Å². The summed E-state index contributed by atoms with van der Waals surface area (Å²) in [5, 5.41) is 10.9. The quantitative estimate of drug-likeness (QED) is 0.875. The lowest BCUT2D eigenvalue weighted by Crippen LogP contribution is -2.55. The minimum absolute atomic E-state index is 0.0143. The van der Waals surface area contributed by atoms with E-state index in [4.69, 9.17) is 0 Å². The first-order chi connectivity index (χ1) is 10.2. The maximum atomic E-state index is 11.9. The van der Waals surface area contributed by atoms with Crippen LogP contribution >= 0.6 is 0 Å². The number of aromatic nitrogens is 2. The first-order valence-corrected chi connectivity index (χ1v) is 8.07. The van der Waals surface area contributed by atoms with Gasteiger partial charge in [-0.1, -0.05) is 13.8 Å². The standard InChI is InChI=1S/C16H29N5O/c1-11(2)18-15(22)20-9-14(10-20)21-8-13(7-17-21)16(5,6)19-12(3)4/h7-8,11-12,14,19H,9-10H2,1-6H3,(H,18,22). The summed E-state index contributed by atoms with van der Waals surface area (Å²) in [5.41, 5.74) is 1.07. The molecule has 124 valence electrons. The molecule has 2 rings (SSSR count). The fourth-order valence-electron chi connectivity index (χ4n) is 2.79. The molecule has 0 atom stereocenters. The van der Waals surface area contributed by atoms with Gasteiger partial charge in [-0.3, -0.25) is 4.68 Å². The molecule has 22 heavy (non-hydrogen) atoms. The van der Waals surface area contributed by atoms with Gasteiger partial charge in [0.2, 0.25) is 0 Å². The van der Waals surface area contributed by atoms with Crippen LogP contribution in [0, 0.1) is 0 Å². The molecule has 2 heterocycles. The summed E-state index contributed by atoms with van der Waals surface area (Å²) in [6.45, 7) is 14.0. The Kier molecular flexibility index (Phi) is 4.80. The molecule has 6 nitrogen and oxygen atoms in total. The molecular weight excluding hydrogens is 278 g/mol. The molecule has 1 saturated heterocycles. The van der Waals surface area contributed by atoms with Crippen LogP contribution in [0.2, 0.25) is 0 Å². The summed E-state index contributed by atoms with van der Waals surface area (Å²) in [4.78, 5) is 13.7. The Hall–Kier alpha value is -1.56. The zero-order valence-electron chi connectivity index (χ0n) is 14.6. The van der Waals surface area contributed by atoms with Gasteiger partial charge in [0.1, 0.15) is 0 Å². The van der Waals surface area contributed by atoms with Gasteiger partial charge in [-0.05, 0) is 27.7 Å². The maximum absolute atomic E-state index is 11.9. The van der Waals surface area contributed by atoms with Gasteiger partial charge < -0.3 is 15.5 Å². The number of carbonyl (C=O) groups excluding carboxylic acids is 1. The van der Waals surface area contributed by atoms with Gasteiger partial charge in [-0.25, -0.2) is 4.79 Å². The van der Waals surface area contributed by atoms with Crippen molar-refractivity contribution in [1.82, 2.24) is 25.3 Å². The van der Waals surface area contributed by atoms with Crippen LogP contribution in [0.5, 0.6) is 0 Å². The molecule has 2 amide bonds. The number of carbonyl (C=O) groups is 1. The van der Waals surface area contributed by atoms with Crippen molar-refractivity contribution in [2.75, 3.05) is 13.1 Å². The average molecular weight is 307 g/mol. The highest BCUT2D eigenvalue weighted by atomic mass is 16.2. The fraction of sp³-hybridized carbons (Fsp3) is 0.750. The van der Waals surface area contributed by atoms with Crippen molar-refractivity contribution in [1.29, 1.82) is 0 Å². The van der Waals surface area contributed by atoms with Crippen LogP contribution in [-0.2, 0) is 5.54 Å². The number of amides is 2. The molecule has 0 bridgehead atoms. The lowest BCUT2D eigenvalue weighted by molar-refractivity contribution is 0.117. The van der Waals surface area contributed by atoms with Crippen LogP contribution in [0.15, 0.2) is 12.4 Å². The predicted octanol–water partition coefficient (Wildman–Crippen LogP) is 2.09. The van der Waals surface area contributed by atoms with Crippen LogP contribution < -0.4 is 10.6 Å². The van der Waals surface area contributed by atoms with Crippen LogP contribution in [-0.4, -0.2) is 45.9 Å². The maximum Gasteiger partial charge on any atom is 0.317 e. The number of rotatable bonds is 5. The molecular formula is C16H29N5O. The van der Waals surface area contributed by atoms with Crippen molar-refractivity contribution in [3.05, 3.63) is 18.0 Å². The largest absolute Gasteiger partial charge is 0.336 e. The first kappa shape index (κ1) is 16.8. The van der Waals surface area contributed by atoms with Crippen molar-refractivity contribution >= 4 is 6.03 Å². The lowest BCUT2D eigenvalue weighted by Gasteiger charge is -2.39. The minimum atomic E-state index is -0.106. The molecule has 0 aromatic carbocycles. The van der Waals surface area contributed by atoms with Gasteiger partial charge in [0, 0.05) is 42.5 Å². The van der Waals surface area contributed by atoms with Gasteiger partial charge in [0.15, 0.2) is 0 Å². The Labute approximate surface area is 133 Å². The zero-order chi connectivity index (χ0) is 16.5. The third-order valence-electron chi connectivity index (χ3n) is 3.91. The van der Waals surface area contributed by atoms with Gasteiger partial charge >= 0.3 is 6.03 Å². The summed E-state index contributed by atoms with van der Waals surface area (Å²) >= 11 is 0. The first-order valence-electron chi connectivity index (χ1n) is 8.07. The summed E-state index contributed by atoms with van der Waals surface area (Å²) < 4.78 is 1.98. The lowest BCUT2D eigenvalue weighted by atomic mass is 9.97. The van der Waals surface area contributed by atoms with Crippen LogP contribution in [0.25, 0.3) is 0 Å². The summed E-state index contributed by atoms with van der Waals surface area (Å²) in [5.74, 6) is 0. The zero-order valence-corrected chi connectivity index (χ0v) is 14.6. The van der Waals surface area contributed by atoms with Gasteiger partial charge in [0.25, 0.3) is 0 Å². The second kappa shape index (κ2) is 6.28. The van der Waals surface area contributed by atoms with E-state index in [0.717, 1.165) is 13.1 Å². The number of hydrogen-bond acceptors (Lipinski definition) is 3. The third kappa shape index (κ3) is 3.80. The number of likely N-dealkylation sites (tertiary alicyclic amines) is 1. The Morgan fingerprint density at radius 1 is 1.27 bits per heavy atom. The monoisotopic (exact) mass is 307 g/mol. The Bertz CT molecular complexity index is 514. The normalized spacial score (nSPS) is 16.3. The van der Waals surface area contributed by atoms with Gasteiger partial charge in [0.05, 0.1) is 12.2 Å². The van der Waals surface area contributed by atoms with E-state index in [-0.39, 0.29) is 23.7 Å². The smallest absolute Gasteiger partial charge is 0.317 e. The number of nitrogens with one attached hydrogen (secondary N) is 2. The topological polar surface area (TPSA) is 62.2 Å². The Morgan fingerprint density at radius 3 is 2.45 bits per heavy atom. The summed E-state index contributed by atoms with van der Waals surface area (Å²) in [6.07, 6.45) is 4.02. The van der Waals surface area contributed by atoms with E-state index < -0.39 is 0 Å². The van der Waals surface area contributed by atoms with E-state index in [2.05, 4.69) is 49.6 Å². The molecule has 1 aromatic heterocycles. The molecule has 0 saturated carbocycles. The summed E-state index contributed by atoms with van der Waals surface area (Å²) in [7, 11) is 0. The van der Waals surface area contributed by atoms with E-state index in [1.165, 1.54) is 5.56 Å². The molecule has 1 aliphatic heterocycles. The highest BCUT2D eigenvalue weighted by Crippen LogP contribution is 2.25. The number of nitrogens with zero attached hydrogens (tertiary/aromatic N) is 3. The van der Waals surface area contributed by atoms with Crippen molar-refractivity contribution in [3.8, 4) is 0 Å². The fourth-order valence-corrected chi connectivity index (χ4v) is 2.79. The second-order valence-corrected chi connectivity index (χ2v) is 7.30. The van der Waals surface area contributed by atoms with Gasteiger partial charge in [-0.15, -0.1) is 0 Å². The van der Waals surface area contributed by atoms with Crippen molar-refractivity contribution in [2.24, 2.45) is 0 Å². The molecule has 0 radical (unpaired) electrons. The average Bonchev–Trinajstić information content (AvgIpc) is 2.73. The molecule has 6 heteroatoms. The predicted molar refractivity (Wildman–Crippen MR) is 87.8 cm³/mol. The van der Waals surface area contributed by atoms with E-state index in [9.17, 15) is 4.79 Å². The highest BCUT2D eigenvalue weighted by molar-refractivity contribution is 5.75. The molecule has 1 aromatic rings. The van der Waals surface area contributed by atoms with Crippen molar-refractivity contribution < 1.29 is 4.79 Å². The number of hydrogen-bond donors (Lipinski definition) is 2. The molecule has 0 unspecified atom stereocenters. The highest BCUT2D eigenvalue weighted by Gasteiger charge is 2.33. The van der Waals surface area contributed by atoms with Crippen LogP contribution in [0.3, 0.4) is 0 Å². The summed E-state index contributed by atoms with van der Waals surface area (Å²) in [6, 6.07) is 0.880. The van der Waals surface area contributed by atoms with Crippen molar-refractivity contribution in [2.45, 2.75) is 65.2 Å². The van der Waals surface area contributed by atoms with Crippen LogP contribution in [0.4, 0.5) is 4.79 Å². The van der Waals surface area contributed by atoms with E-state index >= 15 is 0 Å². The Morgan fingerprint density at radius 2 is 1.91 bits per heavy atom. The number of urea groups is 1. The molecule has 0 aliphatic carbocycles. The van der Waals surface area contributed by atoms with E-state index in [0.29, 0.717) is 6.04 Å².